The van der Waals surface area contributed by atoms with E-state index in [1.807, 2.05) is 0 Å². The average molecular weight is 552 g/mol. The second kappa shape index (κ2) is 9.33. The van der Waals surface area contributed by atoms with Crippen LogP contribution >= 0.6 is 15.9 Å². The van der Waals surface area contributed by atoms with Crippen LogP contribution in [0.15, 0.2) is 11.6 Å². The molecule has 0 aromatic carbocycles. The Bertz CT molecular complexity index is 855. The fourth-order valence-electron chi connectivity index (χ4n) is 10.1. The molecule has 1 N–H and O–H groups in total. The zero-order valence-electron chi connectivity index (χ0n) is 22.5. The highest BCUT2D eigenvalue weighted by molar-refractivity contribution is 9.09. The topological polar surface area (TPSA) is 55.8 Å². The molecule has 0 aromatic rings. The van der Waals surface area contributed by atoms with Gasteiger partial charge in [0.15, 0.2) is 11.7 Å². The van der Waals surface area contributed by atoms with Gasteiger partial charge in [-0.2, -0.15) is 0 Å². The number of hydrogen-bond acceptors (Lipinski definition) is 4. The van der Waals surface area contributed by atoms with E-state index in [2.05, 4.69) is 56.6 Å². The second-order valence-electron chi connectivity index (χ2n) is 13.6. The SMILES string of the molecule is CC(C)CCC[C@@H](C)[C@H]1CC[C@H]2[C@@H]3CC=C4C[C@H](O)C5OC(=O)OC5(CCBr)[C@]4(C)[C@H]3CC[C@]12C. The van der Waals surface area contributed by atoms with E-state index < -0.39 is 24.0 Å². The van der Waals surface area contributed by atoms with Gasteiger partial charge in [0, 0.05) is 17.2 Å². The first-order valence-electron chi connectivity index (χ1n) is 14.4. The lowest BCUT2D eigenvalue weighted by Gasteiger charge is -2.63. The van der Waals surface area contributed by atoms with E-state index in [9.17, 15) is 9.90 Å². The molecule has 1 aliphatic heterocycles. The van der Waals surface area contributed by atoms with Crippen LogP contribution in [-0.2, 0) is 9.47 Å². The van der Waals surface area contributed by atoms with E-state index in [4.69, 9.17) is 9.47 Å². The van der Waals surface area contributed by atoms with Crippen molar-refractivity contribution < 1.29 is 19.4 Å². The molecule has 4 fully saturated rings. The third kappa shape index (κ3) is 3.79. The first kappa shape index (κ1) is 26.1. The molecule has 5 rings (SSSR count). The number of fused-ring (bicyclic) bond motifs is 7. The average Bonchev–Trinajstić information content (AvgIpc) is 3.33. The van der Waals surface area contributed by atoms with Crippen molar-refractivity contribution in [2.75, 3.05) is 5.33 Å². The summed E-state index contributed by atoms with van der Waals surface area (Å²) in [4.78, 5) is 12.5. The van der Waals surface area contributed by atoms with E-state index in [-0.39, 0.29) is 5.41 Å². The first-order valence-corrected chi connectivity index (χ1v) is 15.5. The van der Waals surface area contributed by atoms with Gasteiger partial charge in [-0.25, -0.2) is 4.79 Å². The maximum atomic E-state index is 12.5. The Hall–Kier alpha value is -0.550. The summed E-state index contributed by atoms with van der Waals surface area (Å²) in [5.74, 6) is 4.24. The normalized spacial score (nSPS) is 47.2. The van der Waals surface area contributed by atoms with Gasteiger partial charge in [0.05, 0.1) is 6.10 Å². The molecule has 4 nitrogen and oxygen atoms in total. The molecule has 0 aromatic heterocycles. The van der Waals surface area contributed by atoms with Crippen LogP contribution in [0.5, 0.6) is 0 Å². The van der Waals surface area contributed by atoms with Gasteiger partial charge in [-0.05, 0) is 79.4 Å². The molecule has 3 saturated carbocycles. The predicted octanol–water partition coefficient (Wildman–Crippen LogP) is 7.67. The van der Waals surface area contributed by atoms with E-state index in [1.165, 1.54) is 50.5 Å². The number of allylic oxidation sites excluding steroid dienone is 1. The second-order valence-corrected chi connectivity index (χ2v) is 14.4. The number of aliphatic hydroxyl groups excluding tert-OH is 1. The highest BCUT2D eigenvalue weighted by Gasteiger charge is 2.72. The number of rotatable bonds is 7. The molecule has 5 heteroatoms. The van der Waals surface area contributed by atoms with Crippen LogP contribution in [0.4, 0.5) is 4.79 Å². The maximum absolute atomic E-state index is 12.5. The molecular formula is C30H47BrO4. The van der Waals surface area contributed by atoms with E-state index in [0.717, 1.165) is 35.4 Å². The van der Waals surface area contributed by atoms with E-state index in [1.54, 1.807) is 0 Å². The van der Waals surface area contributed by atoms with E-state index >= 15 is 0 Å². The van der Waals surface area contributed by atoms with Crippen LogP contribution < -0.4 is 0 Å². The maximum Gasteiger partial charge on any atom is 0.509 e. The van der Waals surface area contributed by atoms with Gasteiger partial charge >= 0.3 is 6.16 Å². The molecule has 0 amide bonds. The highest BCUT2D eigenvalue weighted by atomic mass is 79.9. The minimum atomic E-state index is -0.781. The minimum absolute atomic E-state index is 0.276. The van der Waals surface area contributed by atoms with Gasteiger partial charge in [-0.1, -0.05) is 81.5 Å². The van der Waals surface area contributed by atoms with Crippen LogP contribution in [0.25, 0.3) is 0 Å². The number of aliphatic hydroxyl groups is 1. The molecular weight excluding hydrogens is 504 g/mol. The van der Waals surface area contributed by atoms with Crippen molar-refractivity contribution in [2.24, 2.45) is 46.3 Å². The van der Waals surface area contributed by atoms with Crippen LogP contribution in [0, 0.1) is 46.3 Å². The van der Waals surface area contributed by atoms with Crippen molar-refractivity contribution in [3.05, 3.63) is 11.6 Å². The third-order valence-corrected chi connectivity index (χ3v) is 12.2. The molecule has 35 heavy (non-hydrogen) atoms. The number of halogens is 1. The molecule has 2 unspecified atom stereocenters. The van der Waals surface area contributed by atoms with Crippen molar-refractivity contribution in [3.63, 3.8) is 0 Å². The number of hydrogen-bond donors (Lipinski definition) is 1. The van der Waals surface area contributed by atoms with E-state index in [0.29, 0.717) is 30.1 Å². The third-order valence-electron chi connectivity index (χ3n) is 11.8. The fourth-order valence-corrected chi connectivity index (χ4v) is 10.7. The van der Waals surface area contributed by atoms with Crippen LogP contribution in [0.2, 0.25) is 0 Å². The molecule has 10 atom stereocenters. The highest BCUT2D eigenvalue weighted by Crippen LogP contribution is 2.70. The van der Waals surface area contributed by atoms with Crippen molar-refractivity contribution in [1.29, 1.82) is 0 Å². The summed E-state index contributed by atoms with van der Waals surface area (Å²) in [6, 6.07) is 0. The molecule has 0 radical (unpaired) electrons. The standard InChI is InChI=1S/C30H47BrO4/c1-18(2)7-6-8-19(3)22-11-12-23-21-10-9-20-17-25(32)26-30(15-16-31,35-27(33)34-26)29(20,5)24(21)13-14-28(22,23)4/h9,18-19,21-26,32H,6-8,10-17H2,1-5H3/t19-,21+,22-,23+,24+,25+,26?,28-,29+,30?/m1/s1. The van der Waals surface area contributed by atoms with Crippen LogP contribution in [0.3, 0.4) is 0 Å². The van der Waals surface area contributed by atoms with Crippen LogP contribution in [-0.4, -0.2) is 34.4 Å². The van der Waals surface area contributed by atoms with Crippen molar-refractivity contribution >= 4 is 22.1 Å². The number of carbonyl (C=O) groups is 1. The van der Waals surface area contributed by atoms with Gasteiger partial charge in [-0.15, -0.1) is 0 Å². The Morgan fingerprint density at radius 3 is 2.63 bits per heavy atom. The van der Waals surface area contributed by atoms with Gasteiger partial charge in [0.25, 0.3) is 0 Å². The lowest BCUT2D eigenvalue weighted by Crippen LogP contribution is -2.67. The van der Waals surface area contributed by atoms with Crippen molar-refractivity contribution in [2.45, 2.75) is 117 Å². The molecule has 198 valence electrons. The first-order chi connectivity index (χ1) is 16.6. The monoisotopic (exact) mass is 550 g/mol. The summed E-state index contributed by atoms with van der Waals surface area (Å²) in [7, 11) is 0. The Balaban J connectivity index is 1.44. The lowest BCUT2D eigenvalue weighted by molar-refractivity contribution is -0.175. The lowest BCUT2D eigenvalue weighted by atomic mass is 9.43. The summed E-state index contributed by atoms with van der Waals surface area (Å²) in [6.07, 6.45) is 12.2. The van der Waals surface area contributed by atoms with Crippen molar-refractivity contribution in [3.8, 4) is 0 Å². The quantitative estimate of drug-likeness (QED) is 0.200. The zero-order chi connectivity index (χ0) is 25.2. The predicted molar refractivity (Wildman–Crippen MR) is 142 cm³/mol. The molecule has 1 heterocycles. The van der Waals surface area contributed by atoms with Crippen molar-refractivity contribution in [1.82, 2.24) is 0 Å². The number of alkyl halides is 1. The summed E-state index contributed by atoms with van der Waals surface area (Å²) >= 11 is 3.64. The van der Waals surface area contributed by atoms with Gasteiger partial charge in [0.2, 0.25) is 0 Å². The Morgan fingerprint density at radius 1 is 1.14 bits per heavy atom. The smallest absolute Gasteiger partial charge is 0.424 e. The summed E-state index contributed by atoms with van der Waals surface area (Å²) < 4.78 is 11.8. The number of carbonyl (C=O) groups excluding carboxylic acids is 1. The van der Waals surface area contributed by atoms with Gasteiger partial charge in [-0.3, -0.25) is 0 Å². The molecule has 1 saturated heterocycles. The minimum Gasteiger partial charge on any atom is -0.424 e. The van der Waals surface area contributed by atoms with Gasteiger partial charge in [0.1, 0.15) is 0 Å². The van der Waals surface area contributed by atoms with Crippen LogP contribution in [0.1, 0.15) is 98.8 Å². The molecule has 0 spiro atoms. The molecule has 0 bridgehead atoms. The largest absolute Gasteiger partial charge is 0.509 e. The number of ether oxygens (including phenoxy) is 2. The molecule has 4 aliphatic carbocycles. The van der Waals surface area contributed by atoms with Gasteiger partial charge < -0.3 is 14.6 Å². The Labute approximate surface area is 221 Å². The fraction of sp³-hybridized carbons (Fsp3) is 0.900. The molecule has 5 aliphatic rings. The zero-order valence-corrected chi connectivity index (χ0v) is 24.1. The summed E-state index contributed by atoms with van der Waals surface area (Å²) in [6.45, 7) is 12.2. The Morgan fingerprint density at radius 2 is 1.91 bits per heavy atom. The summed E-state index contributed by atoms with van der Waals surface area (Å²) in [5.41, 5.74) is 0.666. The Kier molecular flexibility index (Phi) is 6.95. The summed E-state index contributed by atoms with van der Waals surface area (Å²) in [5, 5.41) is 11.7.